The second-order valence-corrected chi connectivity index (χ2v) is 7.00. The lowest BCUT2D eigenvalue weighted by molar-refractivity contribution is 0.0926. The van der Waals surface area contributed by atoms with Crippen LogP contribution in [0.2, 0.25) is 5.02 Å². The summed E-state index contributed by atoms with van der Waals surface area (Å²) < 4.78 is 0. The summed E-state index contributed by atoms with van der Waals surface area (Å²) in [6.45, 7) is 4.15. The number of halogens is 1. The van der Waals surface area contributed by atoms with Gasteiger partial charge < -0.3 is 0 Å². The number of unbranched alkanes of at least 4 members (excludes halogenated alkanes) is 3. The number of fused-ring (bicyclic) bond motifs is 1. The van der Waals surface area contributed by atoms with Gasteiger partial charge in [0.15, 0.2) is 0 Å². The zero-order valence-corrected chi connectivity index (χ0v) is 15.4. The Hall–Kier alpha value is -2.13. The quantitative estimate of drug-likeness (QED) is 0.501. The Balaban J connectivity index is 1.83. The van der Waals surface area contributed by atoms with E-state index in [9.17, 15) is 9.59 Å². The van der Waals surface area contributed by atoms with Crippen LogP contribution in [0, 0.1) is 6.92 Å². The topological polar surface area (TPSA) is 37.4 Å². The highest BCUT2D eigenvalue weighted by Gasteiger charge is 2.37. The van der Waals surface area contributed by atoms with Gasteiger partial charge >= 0.3 is 0 Å². The first-order valence-corrected chi connectivity index (χ1v) is 9.18. The van der Waals surface area contributed by atoms with Crippen LogP contribution < -0.4 is 4.90 Å². The van der Waals surface area contributed by atoms with Crippen molar-refractivity contribution in [2.24, 2.45) is 0 Å². The van der Waals surface area contributed by atoms with Crippen LogP contribution >= 0.6 is 11.6 Å². The molecule has 1 aliphatic heterocycles. The Morgan fingerprint density at radius 1 is 0.920 bits per heavy atom. The van der Waals surface area contributed by atoms with E-state index in [1.165, 1.54) is 29.7 Å². The summed E-state index contributed by atoms with van der Waals surface area (Å²) in [4.78, 5) is 26.6. The molecule has 1 heterocycles. The first-order chi connectivity index (χ1) is 12.0. The molecule has 0 N–H and O–H groups in total. The van der Waals surface area contributed by atoms with Crippen molar-refractivity contribution in [1.29, 1.82) is 0 Å². The Labute approximate surface area is 153 Å². The number of aryl methyl sites for hydroxylation is 2. The highest BCUT2D eigenvalue weighted by Crippen LogP contribution is 2.32. The standard InChI is InChI=1S/C21H22ClNO2/c1-3-4-5-6-7-15-8-11-19(14(2)12-15)23-20(24)17-10-9-16(22)13-18(17)21(23)25/h8-13H,3-7H2,1-2H3. The number of amides is 2. The van der Waals surface area contributed by atoms with Crippen molar-refractivity contribution in [2.45, 2.75) is 46.0 Å². The number of imide groups is 1. The molecule has 4 heteroatoms. The fourth-order valence-electron chi connectivity index (χ4n) is 3.31. The van der Waals surface area contributed by atoms with Crippen LogP contribution in [-0.4, -0.2) is 11.8 Å². The van der Waals surface area contributed by atoms with E-state index >= 15 is 0 Å². The van der Waals surface area contributed by atoms with Gasteiger partial charge in [-0.3, -0.25) is 9.59 Å². The maximum atomic E-state index is 12.7. The van der Waals surface area contributed by atoms with Gasteiger partial charge in [-0.25, -0.2) is 4.90 Å². The molecule has 2 amide bonds. The van der Waals surface area contributed by atoms with Gasteiger partial charge in [0.1, 0.15) is 0 Å². The summed E-state index contributed by atoms with van der Waals surface area (Å²) in [5, 5.41) is 0.459. The molecule has 3 rings (SSSR count). The van der Waals surface area contributed by atoms with Crippen molar-refractivity contribution in [3.05, 3.63) is 63.7 Å². The number of rotatable bonds is 6. The Morgan fingerprint density at radius 3 is 2.40 bits per heavy atom. The summed E-state index contributed by atoms with van der Waals surface area (Å²) in [6.07, 6.45) is 5.91. The third-order valence-corrected chi connectivity index (χ3v) is 4.90. The molecule has 0 unspecified atom stereocenters. The van der Waals surface area contributed by atoms with Crippen LogP contribution in [0.3, 0.4) is 0 Å². The number of nitrogens with zero attached hydrogens (tertiary/aromatic N) is 1. The molecule has 0 atom stereocenters. The van der Waals surface area contributed by atoms with Gasteiger partial charge in [0.2, 0.25) is 0 Å². The van der Waals surface area contributed by atoms with Gasteiger partial charge in [-0.05, 0) is 55.2 Å². The maximum Gasteiger partial charge on any atom is 0.266 e. The summed E-state index contributed by atoms with van der Waals surface area (Å²) in [6, 6.07) is 10.8. The third kappa shape index (κ3) is 3.47. The van der Waals surface area contributed by atoms with Crippen LogP contribution in [0.15, 0.2) is 36.4 Å². The number of benzene rings is 2. The van der Waals surface area contributed by atoms with E-state index in [-0.39, 0.29) is 11.8 Å². The van der Waals surface area contributed by atoms with Crippen molar-refractivity contribution in [2.75, 3.05) is 4.90 Å². The highest BCUT2D eigenvalue weighted by molar-refractivity contribution is 6.36. The van der Waals surface area contributed by atoms with Gasteiger partial charge in [-0.15, -0.1) is 0 Å². The zero-order chi connectivity index (χ0) is 18.0. The number of anilines is 1. The van der Waals surface area contributed by atoms with Crippen molar-refractivity contribution in [3.63, 3.8) is 0 Å². The van der Waals surface area contributed by atoms with Crippen LogP contribution in [-0.2, 0) is 6.42 Å². The molecule has 130 valence electrons. The highest BCUT2D eigenvalue weighted by atomic mass is 35.5. The van der Waals surface area contributed by atoms with Gasteiger partial charge in [0.05, 0.1) is 16.8 Å². The minimum atomic E-state index is -0.304. The summed E-state index contributed by atoms with van der Waals surface area (Å²) in [5.74, 6) is -0.586. The predicted molar refractivity (Wildman–Crippen MR) is 102 cm³/mol. The third-order valence-electron chi connectivity index (χ3n) is 4.67. The first kappa shape index (κ1) is 17.7. The number of hydrogen-bond acceptors (Lipinski definition) is 2. The molecule has 25 heavy (non-hydrogen) atoms. The van der Waals surface area contributed by atoms with E-state index in [4.69, 9.17) is 11.6 Å². The van der Waals surface area contributed by atoms with Crippen LogP contribution in [0.1, 0.15) is 64.4 Å². The molecule has 0 spiro atoms. The molecule has 0 aliphatic carbocycles. The lowest BCUT2D eigenvalue weighted by Crippen LogP contribution is -2.30. The SMILES string of the molecule is CCCCCCc1ccc(N2C(=O)c3ccc(Cl)cc3C2=O)c(C)c1. The van der Waals surface area contributed by atoms with Crippen molar-refractivity contribution < 1.29 is 9.59 Å². The minimum Gasteiger partial charge on any atom is -0.268 e. The second kappa shape index (κ2) is 7.40. The molecule has 0 bridgehead atoms. The van der Waals surface area contributed by atoms with E-state index in [0.717, 1.165) is 18.4 Å². The molecule has 0 saturated heterocycles. The number of carbonyl (C=O) groups is 2. The largest absolute Gasteiger partial charge is 0.268 e. The van der Waals surface area contributed by atoms with Gasteiger partial charge in [0, 0.05) is 5.02 Å². The Kier molecular flexibility index (Phi) is 5.24. The van der Waals surface area contributed by atoms with Crippen molar-refractivity contribution >= 4 is 29.1 Å². The molecule has 0 radical (unpaired) electrons. The van der Waals surface area contributed by atoms with Crippen molar-refractivity contribution in [3.8, 4) is 0 Å². The number of carbonyl (C=O) groups excluding carboxylic acids is 2. The summed E-state index contributed by atoms with van der Waals surface area (Å²) in [7, 11) is 0. The normalized spacial score (nSPS) is 13.5. The maximum absolute atomic E-state index is 12.7. The average molecular weight is 356 g/mol. The summed E-state index contributed by atoms with van der Waals surface area (Å²) >= 11 is 5.97. The lowest BCUT2D eigenvalue weighted by atomic mass is 10.0. The predicted octanol–water partition coefficient (Wildman–Crippen LogP) is 5.57. The van der Waals surface area contributed by atoms with Gasteiger partial charge in [-0.2, -0.15) is 0 Å². The Bertz CT molecular complexity index is 829. The van der Waals surface area contributed by atoms with Crippen LogP contribution in [0.4, 0.5) is 5.69 Å². The zero-order valence-electron chi connectivity index (χ0n) is 14.6. The monoisotopic (exact) mass is 355 g/mol. The second-order valence-electron chi connectivity index (χ2n) is 6.57. The molecular weight excluding hydrogens is 334 g/mol. The number of hydrogen-bond donors (Lipinski definition) is 0. The lowest BCUT2D eigenvalue weighted by Gasteiger charge is -2.17. The fraction of sp³-hybridized carbons (Fsp3) is 0.333. The molecule has 0 saturated carbocycles. The molecule has 2 aromatic carbocycles. The van der Waals surface area contributed by atoms with Crippen molar-refractivity contribution in [1.82, 2.24) is 0 Å². The average Bonchev–Trinajstić information content (AvgIpc) is 2.83. The Morgan fingerprint density at radius 2 is 1.68 bits per heavy atom. The smallest absolute Gasteiger partial charge is 0.266 e. The molecule has 1 aliphatic rings. The van der Waals surface area contributed by atoms with Crippen LogP contribution in [0.25, 0.3) is 0 Å². The van der Waals surface area contributed by atoms with E-state index in [0.29, 0.717) is 21.8 Å². The van der Waals surface area contributed by atoms with Gasteiger partial charge in [-0.1, -0.05) is 49.9 Å². The van der Waals surface area contributed by atoms with Crippen LogP contribution in [0.5, 0.6) is 0 Å². The fourth-order valence-corrected chi connectivity index (χ4v) is 3.48. The molecule has 3 nitrogen and oxygen atoms in total. The molecule has 2 aromatic rings. The van der Waals surface area contributed by atoms with Gasteiger partial charge in [0.25, 0.3) is 11.8 Å². The van der Waals surface area contributed by atoms with E-state index in [1.807, 2.05) is 19.1 Å². The molecular formula is C21H22ClNO2. The van der Waals surface area contributed by atoms with E-state index < -0.39 is 0 Å². The summed E-state index contributed by atoms with van der Waals surface area (Å²) in [5.41, 5.74) is 3.63. The van der Waals surface area contributed by atoms with E-state index in [1.54, 1.807) is 18.2 Å². The molecule has 0 fully saturated rings. The minimum absolute atomic E-state index is 0.282. The first-order valence-electron chi connectivity index (χ1n) is 8.80. The van der Waals surface area contributed by atoms with E-state index in [2.05, 4.69) is 13.0 Å². The molecule has 0 aromatic heterocycles.